The number of hydrogen-bond donors (Lipinski definition) is 1. The van der Waals surface area contributed by atoms with E-state index in [1.807, 2.05) is 20.8 Å². The van der Waals surface area contributed by atoms with Crippen LogP contribution in [0.2, 0.25) is 6.04 Å². The molecular weight excluding hydrogens is 450 g/mol. The summed E-state index contributed by atoms with van der Waals surface area (Å²) in [4.78, 5) is 22.4. The van der Waals surface area contributed by atoms with Crippen LogP contribution in [-0.4, -0.2) is 67.6 Å². The second-order valence-electron chi connectivity index (χ2n) is 6.56. The van der Waals surface area contributed by atoms with Gasteiger partial charge in [-0.05, 0) is 51.0 Å². The Hall–Kier alpha value is -2.60. The lowest BCUT2D eigenvalue weighted by Crippen LogP contribution is -2.46. The molecule has 1 aromatic carbocycles. The number of aliphatic carboxylic acids is 1. The fourth-order valence-electron chi connectivity index (χ4n) is 2.90. The van der Waals surface area contributed by atoms with Gasteiger partial charge in [0.2, 0.25) is 0 Å². The van der Waals surface area contributed by atoms with Gasteiger partial charge in [-0.15, -0.1) is 0 Å². The number of benzene rings is 1. The first-order chi connectivity index (χ1) is 15.9. The molecular formula is C22H34NO9Si-. The summed E-state index contributed by atoms with van der Waals surface area (Å²) in [6.07, 6.45) is 2.39. The molecule has 0 saturated carbocycles. The molecule has 0 bridgehead atoms. The first kappa shape index (κ1) is 28.4. The van der Waals surface area contributed by atoms with Crippen molar-refractivity contribution in [2.45, 2.75) is 33.2 Å². The van der Waals surface area contributed by atoms with Gasteiger partial charge < -0.3 is 42.7 Å². The molecule has 1 amide bonds. The monoisotopic (exact) mass is 484 g/mol. The number of methoxy groups -OCH3 is 1. The van der Waals surface area contributed by atoms with Gasteiger partial charge >= 0.3 is 14.9 Å². The second-order valence-corrected chi connectivity index (χ2v) is 9.29. The van der Waals surface area contributed by atoms with Crippen LogP contribution < -0.4 is 19.9 Å². The summed E-state index contributed by atoms with van der Waals surface area (Å²) in [6.45, 7) is 7.77. The van der Waals surface area contributed by atoms with Crippen molar-refractivity contribution in [1.82, 2.24) is 5.32 Å². The molecule has 0 fully saturated rings. The third kappa shape index (κ3) is 11.2. The molecule has 1 N–H and O–H groups in total. The van der Waals surface area contributed by atoms with Gasteiger partial charge in [-0.1, -0.05) is 12.1 Å². The number of rotatable bonds is 17. The zero-order valence-corrected chi connectivity index (χ0v) is 20.7. The molecule has 10 nitrogen and oxygen atoms in total. The number of nitrogens with one attached hydrogen (secondary N) is 1. The van der Waals surface area contributed by atoms with E-state index in [1.54, 1.807) is 18.2 Å². The van der Waals surface area contributed by atoms with Crippen LogP contribution in [0.3, 0.4) is 0 Å². The summed E-state index contributed by atoms with van der Waals surface area (Å²) in [5.74, 6) is -0.425. The Morgan fingerprint density at radius 3 is 2.27 bits per heavy atom. The molecule has 0 unspecified atom stereocenters. The molecule has 11 heteroatoms. The van der Waals surface area contributed by atoms with Crippen molar-refractivity contribution in [3.8, 4) is 11.5 Å². The number of alkyl carbamates (subject to hydrolysis) is 1. The van der Waals surface area contributed by atoms with Crippen molar-refractivity contribution in [3.63, 3.8) is 0 Å². The van der Waals surface area contributed by atoms with Gasteiger partial charge in [-0.25, -0.2) is 4.79 Å². The lowest BCUT2D eigenvalue weighted by Gasteiger charge is -2.28. The molecule has 1 rings (SSSR count). The normalized spacial score (nSPS) is 11.4. The van der Waals surface area contributed by atoms with Crippen LogP contribution >= 0.6 is 0 Å². The number of carbonyl (C=O) groups excluding carboxylic acids is 2. The third-order valence-corrected chi connectivity index (χ3v) is 7.35. The van der Waals surface area contributed by atoms with Gasteiger partial charge in [-0.2, -0.15) is 0 Å². The van der Waals surface area contributed by atoms with E-state index < -0.39 is 20.9 Å². The summed E-state index contributed by atoms with van der Waals surface area (Å²) in [6, 6.07) is 5.53. The molecule has 33 heavy (non-hydrogen) atoms. The minimum Gasteiger partial charge on any atom is -0.545 e. The number of amides is 1. The van der Waals surface area contributed by atoms with Gasteiger partial charge in [-0.3, -0.25) is 0 Å². The molecule has 1 aromatic rings. The van der Waals surface area contributed by atoms with Gasteiger partial charge in [0.25, 0.3) is 0 Å². The van der Waals surface area contributed by atoms with Crippen LogP contribution in [0.4, 0.5) is 4.79 Å². The van der Waals surface area contributed by atoms with Gasteiger partial charge in [0.1, 0.15) is 13.2 Å². The molecule has 0 aliphatic carbocycles. The number of ether oxygens (including phenoxy) is 3. The van der Waals surface area contributed by atoms with Crippen molar-refractivity contribution in [2.75, 3.05) is 46.7 Å². The molecule has 0 atom stereocenters. The first-order valence-electron chi connectivity index (χ1n) is 10.9. The third-order valence-electron chi connectivity index (χ3n) is 4.20. The van der Waals surface area contributed by atoms with Gasteiger partial charge in [0, 0.05) is 32.4 Å². The number of carboxylic acid groups (broad SMARTS) is 1. The smallest absolute Gasteiger partial charge is 0.500 e. The summed E-state index contributed by atoms with van der Waals surface area (Å²) < 4.78 is 33.3. The lowest BCUT2D eigenvalue weighted by molar-refractivity contribution is -0.297. The average molecular weight is 485 g/mol. The highest BCUT2D eigenvalue weighted by Gasteiger charge is 2.39. The van der Waals surface area contributed by atoms with E-state index in [1.165, 1.54) is 13.2 Å². The predicted octanol–water partition coefficient (Wildman–Crippen LogP) is 2.00. The maximum atomic E-state index is 11.9. The van der Waals surface area contributed by atoms with Crippen molar-refractivity contribution >= 4 is 26.9 Å². The maximum Gasteiger partial charge on any atom is 0.500 e. The van der Waals surface area contributed by atoms with Crippen LogP contribution in [-0.2, 0) is 22.8 Å². The Labute approximate surface area is 196 Å². The Morgan fingerprint density at radius 2 is 1.70 bits per heavy atom. The predicted molar refractivity (Wildman–Crippen MR) is 122 cm³/mol. The fraction of sp³-hybridized carbons (Fsp3) is 0.545. The second kappa shape index (κ2) is 16.1. The van der Waals surface area contributed by atoms with Crippen molar-refractivity contribution in [1.29, 1.82) is 0 Å². The zero-order chi connectivity index (χ0) is 24.5. The fourth-order valence-corrected chi connectivity index (χ4v) is 5.52. The van der Waals surface area contributed by atoms with Crippen LogP contribution in [0.25, 0.3) is 6.08 Å². The van der Waals surface area contributed by atoms with E-state index in [-0.39, 0.29) is 13.2 Å². The van der Waals surface area contributed by atoms with E-state index >= 15 is 0 Å². The van der Waals surface area contributed by atoms with Gasteiger partial charge in [0.05, 0.1) is 13.1 Å². The molecule has 0 aliphatic heterocycles. The molecule has 0 heterocycles. The molecule has 0 aromatic heterocycles. The summed E-state index contributed by atoms with van der Waals surface area (Å²) in [7, 11) is -1.25. The lowest BCUT2D eigenvalue weighted by atomic mass is 10.2. The van der Waals surface area contributed by atoms with E-state index in [2.05, 4.69) is 5.32 Å². The standard InChI is InChI=1S/C22H35NO9Si/c1-5-30-33(31-6-2,32-7-3)16-8-13-23-22(26)29-15-14-28-19-11-9-18(10-12-21(24)25)17-20(19)27-4/h9-12,17H,5-8,13-16H2,1-4H3,(H,23,26)(H,24,25)/p-1/b12-10+. The number of hydrogen-bond acceptors (Lipinski definition) is 9. The van der Waals surface area contributed by atoms with Crippen molar-refractivity contribution < 1.29 is 42.2 Å². The topological polar surface area (TPSA) is 125 Å². The molecule has 0 spiro atoms. The summed E-state index contributed by atoms with van der Waals surface area (Å²) in [5.41, 5.74) is 0.615. The average Bonchev–Trinajstić information content (AvgIpc) is 2.79. The largest absolute Gasteiger partial charge is 0.545 e. The quantitative estimate of drug-likeness (QED) is 0.201. The van der Waals surface area contributed by atoms with E-state index in [9.17, 15) is 14.7 Å². The Balaban J connectivity index is 2.38. The Kier molecular flexibility index (Phi) is 13.9. The number of carbonyl (C=O) groups is 2. The number of carboxylic acids is 1. The van der Waals surface area contributed by atoms with Crippen molar-refractivity contribution in [2.24, 2.45) is 0 Å². The van der Waals surface area contributed by atoms with Crippen LogP contribution in [0.5, 0.6) is 11.5 Å². The minimum absolute atomic E-state index is 0.0385. The molecule has 0 radical (unpaired) electrons. The van der Waals surface area contributed by atoms with Crippen LogP contribution in [0.15, 0.2) is 24.3 Å². The highest BCUT2D eigenvalue weighted by atomic mass is 28.4. The van der Waals surface area contributed by atoms with E-state index in [4.69, 9.17) is 27.5 Å². The SMILES string of the molecule is CCO[Si](CCCNC(=O)OCCOc1ccc(/C=C/C(=O)[O-])cc1OC)(OCC)OCC. The highest BCUT2D eigenvalue weighted by molar-refractivity contribution is 6.60. The minimum atomic E-state index is -2.72. The highest BCUT2D eigenvalue weighted by Crippen LogP contribution is 2.28. The summed E-state index contributed by atoms with van der Waals surface area (Å²) in [5, 5.41) is 13.2. The molecule has 0 aliphatic rings. The van der Waals surface area contributed by atoms with E-state index in [0.717, 1.165) is 6.08 Å². The van der Waals surface area contributed by atoms with Gasteiger partial charge in [0.15, 0.2) is 11.5 Å². The Bertz CT molecular complexity index is 740. The summed E-state index contributed by atoms with van der Waals surface area (Å²) >= 11 is 0. The van der Waals surface area contributed by atoms with Crippen molar-refractivity contribution in [3.05, 3.63) is 29.8 Å². The molecule has 186 valence electrons. The first-order valence-corrected chi connectivity index (χ1v) is 12.8. The van der Waals surface area contributed by atoms with Crippen LogP contribution in [0.1, 0.15) is 32.8 Å². The van der Waals surface area contributed by atoms with E-state index in [0.29, 0.717) is 55.9 Å². The van der Waals surface area contributed by atoms with Crippen LogP contribution in [0, 0.1) is 0 Å². The zero-order valence-electron chi connectivity index (χ0n) is 19.7. The maximum absolute atomic E-state index is 11.9. The molecule has 0 saturated heterocycles. The Morgan fingerprint density at radius 1 is 1.03 bits per heavy atom.